The molecule has 0 spiro atoms. The minimum Gasteiger partial charge on any atom is -0.490 e. The fourth-order valence-electron chi connectivity index (χ4n) is 24.2. The van der Waals surface area contributed by atoms with E-state index in [-0.39, 0.29) is 0 Å². The molecule has 7 aliphatic carbocycles. The molecular formula is C137H191N7O6. The van der Waals surface area contributed by atoms with Crippen LogP contribution in [0.2, 0.25) is 0 Å². The van der Waals surface area contributed by atoms with E-state index in [2.05, 4.69) is 363 Å². The first-order valence-corrected chi connectivity index (χ1v) is 59.0. The molecule has 7 saturated carbocycles. The summed E-state index contributed by atoms with van der Waals surface area (Å²) in [5.41, 5.74) is 15.4. The van der Waals surface area contributed by atoms with Gasteiger partial charge in [0.1, 0.15) is 34.5 Å². The molecule has 810 valence electrons. The van der Waals surface area contributed by atoms with Gasteiger partial charge >= 0.3 is 0 Å². The number of rotatable bonds is 41. The zero-order chi connectivity index (χ0) is 105. The van der Waals surface area contributed by atoms with E-state index in [0.717, 1.165) is 151 Å². The van der Waals surface area contributed by atoms with Gasteiger partial charge in [0.15, 0.2) is 0 Å². The third kappa shape index (κ3) is 43.7. The summed E-state index contributed by atoms with van der Waals surface area (Å²) < 4.78 is 37.6. The Morgan fingerprint density at radius 3 is 0.900 bits per heavy atom. The molecule has 5 N–H and O–H groups in total. The zero-order valence-corrected chi connectivity index (χ0v) is 94.4. The molecule has 7 aliphatic rings. The molecule has 10 unspecified atom stereocenters. The summed E-state index contributed by atoms with van der Waals surface area (Å²) in [6.45, 7) is 38.7. The van der Waals surface area contributed by atoms with E-state index in [0.29, 0.717) is 60.3 Å². The Hall–Kier alpha value is -10.3. The number of aryl methyl sites for hydroxylation is 8. The molecule has 150 heavy (non-hydrogen) atoms. The highest BCUT2D eigenvalue weighted by Gasteiger charge is 2.34. The lowest BCUT2D eigenvalue weighted by Gasteiger charge is -2.33. The van der Waals surface area contributed by atoms with Crippen LogP contribution in [0.25, 0.3) is 0 Å². The van der Waals surface area contributed by atoms with Crippen molar-refractivity contribution in [2.24, 2.45) is 76.9 Å². The average molecular weight is 2030 g/mol. The van der Waals surface area contributed by atoms with Crippen molar-refractivity contribution in [3.63, 3.8) is 0 Å². The second-order valence-corrected chi connectivity index (χ2v) is 46.6. The Kier molecular flexibility index (Phi) is 50.9. The number of hydrogen-bond acceptors (Lipinski definition) is 13. The minimum absolute atomic E-state index is 0.355. The molecular weight excluding hydrogens is 1840 g/mol. The van der Waals surface area contributed by atoms with Gasteiger partial charge in [-0.05, 0) is 485 Å². The Balaban J connectivity index is 0.000000150. The molecule has 9 aromatic carbocycles. The van der Waals surface area contributed by atoms with Gasteiger partial charge in [0.05, 0.1) is 42.3 Å². The highest BCUT2D eigenvalue weighted by molar-refractivity contribution is 5.41. The van der Waals surface area contributed by atoms with E-state index in [1.165, 1.54) is 268 Å². The van der Waals surface area contributed by atoms with Crippen LogP contribution in [-0.4, -0.2) is 85.9 Å². The number of anilines is 1. The lowest BCUT2D eigenvalue weighted by molar-refractivity contribution is 0.0996. The van der Waals surface area contributed by atoms with E-state index in [9.17, 15) is 0 Å². The van der Waals surface area contributed by atoms with Gasteiger partial charge in [0.25, 0.3) is 0 Å². The van der Waals surface area contributed by atoms with Crippen LogP contribution in [0.3, 0.4) is 0 Å². The van der Waals surface area contributed by atoms with Gasteiger partial charge in [-0.25, -0.2) is 0 Å². The van der Waals surface area contributed by atoms with Crippen molar-refractivity contribution in [3.05, 3.63) is 341 Å². The van der Waals surface area contributed by atoms with Crippen molar-refractivity contribution < 1.29 is 28.4 Å². The molecule has 13 heteroatoms. The van der Waals surface area contributed by atoms with Gasteiger partial charge in [0, 0.05) is 50.5 Å². The maximum Gasteiger partial charge on any atom is 0.119 e. The monoisotopic (exact) mass is 2030 g/mol. The summed E-state index contributed by atoms with van der Waals surface area (Å²) in [7, 11) is 0. The van der Waals surface area contributed by atoms with Crippen LogP contribution in [0.5, 0.6) is 34.5 Å². The van der Waals surface area contributed by atoms with Crippen LogP contribution in [0.15, 0.2) is 279 Å². The first-order chi connectivity index (χ1) is 73.1. The molecule has 13 nitrogen and oxygen atoms in total. The number of ether oxygens (including phenoxy) is 6. The van der Waals surface area contributed by atoms with Gasteiger partial charge in [0.2, 0.25) is 0 Å². The summed E-state index contributed by atoms with van der Waals surface area (Å²) in [5.74, 6) is 15.9. The van der Waals surface area contributed by atoms with Gasteiger partial charge in [-0.3, -0.25) is 9.97 Å². The van der Waals surface area contributed by atoms with Crippen LogP contribution in [0, 0.1) is 125 Å². The summed E-state index contributed by atoms with van der Waals surface area (Å²) in [6.07, 6.45) is 48.9. The van der Waals surface area contributed by atoms with Gasteiger partial charge < -0.3 is 55.0 Å². The molecule has 18 rings (SSSR count). The van der Waals surface area contributed by atoms with Gasteiger partial charge in [-0.2, -0.15) is 0 Å². The maximum absolute atomic E-state index is 6.30. The van der Waals surface area contributed by atoms with Crippen molar-refractivity contribution in [2.45, 2.75) is 352 Å². The largest absolute Gasteiger partial charge is 0.490 e. The Bertz CT molecular complexity index is 5200. The molecule has 2 heterocycles. The maximum atomic E-state index is 6.30. The van der Waals surface area contributed by atoms with Crippen LogP contribution in [0.1, 0.15) is 302 Å². The standard InChI is InChI=1S/C25H34O.C23H37NO.2C23H31NO.C22H30N2O.C21H28N2O/c1-19-13-15-22(16-14-19)9-5-8-21(3)23-10-6-12-25(18-23)26-24-11-4-7-20(2)17-24;3*1-18-8-6-12-22(14-18)25-23-13-7-11-21(15-23)19(2)16-24-17-20-9-4-3-5-10-20;1-17-7-5-10-21(13-17)25-22-11-6-8-19(14-22)18(2)15-23-16-20-9-3-4-12-24-20;1-16-5-3-7-20(13-16)24-21-8-4-6-18(14-21)17(2)15-23-19-9-11-22-12-10-19/h4,7,11,13-17,21,23,25H,5-6,8-10,12,18H2,1-3H3;6,8,12,14,19-21,23-24H,3-5,7,9-11,13,15-17H2,1-2H3;2*3-6,8-10,12,14,19,21,23-24H,7,11,13,15-17H2,1-2H3;3-5,7,9-10,12-13,18-19,22-23H,6,8,11,14-16H2,1-2H3;3,5,7,9-13,17-18,21H,4,6,8,14-15H2,1-2H3,(H,22,23)/t21?,23-,25+;2*19?,21?,23-;19?,21-,23+;18?,19?,22-;17?,18?,21-/m011011/s1. The summed E-state index contributed by atoms with van der Waals surface area (Å²) >= 11 is 0. The molecule has 0 amide bonds. The van der Waals surface area contributed by atoms with Crippen molar-refractivity contribution in [3.8, 4) is 34.5 Å². The Labute approximate surface area is 908 Å². The highest BCUT2D eigenvalue weighted by Crippen LogP contribution is 2.41. The zero-order valence-electron chi connectivity index (χ0n) is 94.4. The molecule has 7 fully saturated rings. The third-order valence-electron chi connectivity index (χ3n) is 33.5. The first kappa shape index (κ1) is 117. The van der Waals surface area contributed by atoms with Gasteiger partial charge in [-0.1, -0.05) is 237 Å². The lowest BCUT2D eigenvalue weighted by Crippen LogP contribution is -2.35. The lowest BCUT2D eigenvalue weighted by atomic mass is 9.77. The summed E-state index contributed by atoms with van der Waals surface area (Å²) in [5, 5.41) is 18.1. The van der Waals surface area contributed by atoms with Crippen LogP contribution in [-0.2, 0) is 26.1 Å². The SMILES string of the molecule is Cc1ccc(CCCC(C)[C@H]2CCC[C@@H](Oc3cccc(C)c3)C2)cc1.Cc1cccc(O[C@@H]2CCCC(C(C)CNCC3CCCCC3)C2)c1.Cc1cccc(O[C@@H]2CCCC(C(C)CNCc3ccccc3)C2)c1.Cc1cccc(O[C@@H]2CCCC(C(C)CNCc3ccccn3)C2)c1.Cc1cccc(O[C@@H]2CCCC(C(C)CNc3ccncc3)C2)c1.Cc1cccc(O[C@@H]2CCC[C@H](C(C)CNCc3ccccc3)C2)c1. The van der Waals surface area contributed by atoms with Crippen molar-refractivity contribution in [1.82, 2.24) is 31.2 Å². The fourth-order valence-corrected chi connectivity index (χ4v) is 24.2. The molecule has 0 saturated heterocycles. The quantitative estimate of drug-likeness (QED) is 0.0248. The Morgan fingerprint density at radius 1 is 0.260 bits per heavy atom. The van der Waals surface area contributed by atoms with E-state index in [4.69, 9.17) is 28.4 Å². The molecule has 0 aliphatic heterocycles. The molecule has 11 aromatic rings. The van der Waals surface area contributed by atoms with Crippen LogP contribution in [0.4, 0.5) is 5.69 Å². The second kappa shape index (κ2) is 65.3. The second-order valence-electron chi connectivity index (χ2n) is 46.6. The smallest absolute Gasteiger partial charge is 0.119 e. The molecule has 2 aromatic heterocycles. The highest BCUT2D eigenvalue weighted by atomic mass is 16.5. The normalized spacial score (nSPS) is 22.4. The molecule has 18 atom stereocenters. The number of nitrogens with one attached hydrogen (secondary N) is 5. The number of hydrogen-bond donors (Lipinski definition) is 5. The number of pyridine rings is 2. The number of aromatic nitrogens is 2. The van der Waals surface area contributed by atoms with Crippen molar-refractivity contribution in [2.75, 3.05) is 44.6 Å². The predicted molar refractivity (Wildman–Crippen MR) is 629 cm³/mol. The topological polar surface area (TPSA) is 141 Å². The van der Waals surface area contributed by atoms with E-state index in [1.54, 1.807) is 0 Å². The van der Waals surface area contributed by atoms with Crippen LogP contribution >= 0.6 is 0 Å². The predicted octanol–water partition coefficient (Wildman–Crippen LogP) is 33.2. The summed E-state index contributed by atoms with van der Waals surface area (Å²) in [4.78, 5) is 8.43. The van der Waals surface area contributed by atoms with Crippen molar-refractivity contribution >= 4 is 5.69 Å². The average Bonchev–Trinajstić information content (AvgIpc) is 0.873. The van der Waals surface area contributed by atoms with E-state index >= 15 is 0 Å². The molecule has 0 bridgehead atoms. The third-order valence-corrected chi connectivity index (χ3v) is 33.5. The Morgan fingerprint density at radius 2 is 0.573 bits per heavy atom. The summed E-state index contributed by atoms with van der Waals surface area (Å²) in [6, 6.07) is 91.1. The van der Waals surface area contributed by atoms with Crippen molar-refractivity contribution in [1.29, 1.82) is 0 Å². The minimum atomic E-state index is 0.355. The first-order valence-electron chi connectivity index (χ1n) is 59.0. The number of nitrogens with zero attached hydrogens (tertiary/aromatic N) is 2. The fraction of sp³-hybridized carbons (Fsp3) is 0.533. The van der Waals surface area contributed by atoms with E-state index in [1.807, 2.05) is 42.9 Å². The van der Waals surface area contributed by atoms with E-state index < -0.39 is 0 Å². The van der Waals surface area contributed by atoms with Crippen LogP contribution < -0.4 is 55.0 Å². The number of benzene rings is 9. The van der Waals surface area contributed by atoms with Gasteiger partial charge in [-0.15, -0.1) is 0 Å². The molecule has 0 radical (unpaired) electrons.